The molecule has 0 saturated heterocycles. The van der Waals surface area contributed by atoms with Gasteiger partial charge in [0.2, 0.25) is 5.91 Å². The molecule has 3 N–H and O–H groups in total. The zero-order valence-corrected chi connectivity index (χ0v) is 16.2. The maximum atomic E-state index is 12.0. The summed E-state index contributed by atoms with van der Waals surface area (Å²) < 4.78 is 5.32. The Labute approximate surface area is 163 Å². The molecule has 1 aliphatic rings. The zero-order chi connectivity index (χ0) is 20.3. The Balaban J connectivity index is 1.95. The second-order valence-corrected chi connectivity index (χ2v) is 7.27. The topological polar surface area (TPSA) is 113 Å². The van der Waals surface area contributed by atoms with Gasteiger partial charge >= 0.3 is 5.97 Å². The van der Waals surface area contributed by atoms with E-state index in [9.17, 15) is 14.7 Å². The van der Waals surface area contributed by atoms with Crippen LogP contribution in [0.25, 0.3) is 0 Å². The Kier molecular flexibility index (Phi) is 5.77. The summed E-state index contributed by atoms with van der Waals surface area (Å²) in [6.45, 7) is 4.14. The van der Waals surface area contributed by atoms with Crippen molar-refractivity contribution in [3.05, 3.63) is 35.5 Å². The van der Waals surface area contributed by atoms with Crippen molar-refractivity contribution in [1.82, 2.24) is 10.2 Å². The van der Waals surface area contributed by atoms with Crippen LogP contribution in [0.1, 0.15) is 42.7 Å². The van der Waals surface area contributed by atoms with Gasteiger partial charge in [-0.05, 0) is 37.3 Å². The van der Waals surface area contributed by atoms with Gasteiger partial charge in [-0.2, -0.15) is 5.10 Å². The molecule has 2 aromatic rings. The fourth-order valence-electron chi connectivity index (χ4n) is 2.87. The third kappa shape index (κ3) is 4.57. The number of aromatic carboxylic acids is 1. The molecule has 0 unspecified atom stereocenters. The summed E-state index contributed by atoms with van der Waals surface area (Å²) in [5, 5.41) is 23.8. The highest BCUT2D eigenvalue weighted by molar-refractivity contribution is 5.95. The number of carbonyl (C=O) groups is 2. The molecule has 1 aliphatic carbocycles. The Morgan fingerprint density at radius 3 is 2.61 bits per heavy atom. The van der Waals surface area contributed by atoms with Gasteiger partial charge in [0, 0.05) is 12.0 Å². The number of ether oxygens (including phenoxy) is 1. The fourth-order valence-corrected chi connectivity index (χ4v) is 2.87. The van der Waals surface area contributed by atoms with Crippen LogP contribution in [-0.4, -0.2) is 34.3 Å². The van der Waals surface area contributed by atoms with E-state index in [1.54, 1.807) is 18.2 Å². The summed E-state index contributed by atoms with van der Waals surface area (Å²) >= 11 is 0. The van der Waals surface area contributed by atoms with E-state index < -0.39 is 5.97 Å². The maximum absolute atomic E-state index is 12.0. The van der Waals surface area contributed by atoms with Crippen molar-refractivity contribution >= 4 is 29.1 Å². The summed E-state index contributed by atoms with van der Waals surface area (Å²) in [4.78, 5) is 23.5. The number of anilines is 3. The number of nitrogens with one attached hydrogen (secondary N) is 2. The maximum Gasteiger partial charge on any atom is 0.339 e. The van der Waals surface area contributed by atoms with Gasteiger partial charge in [0.25, 0.3) is 0 Å². The van der Waals surface area contributed by atoms with Crippen LogP contribution >= 0.6 is 0 Å². The lowest BCUT2D eigenvalue weighted by Crippen LogP contribution is -2.16. The van der Waals surface area contributed by atoms with Gasteiger partial charge in [0.15, 0.2) is 11.6 Å². The molecule has 1 fully saturated rings. The number of para-hydroxylation sites is 1. The van der Waals surface area contributed by atoms with Gasteiger partial charge in [0.1, 0.15) is 5.56 Å². The molecule has 1 aromatic carbocycles. The van der Waals surface area contributed by atoms with Crippen molar-refractivity contribution in [3.8, 4) is 5.75 Å². The Bertz CT molecular complexity index is 894. The molecule has 28 heavy (non-hydrogen) atoms. The molecule has 1 aromatic heterocycles. The summed E-state index contributed by atoms with van der Waals surface area (Å²) in [5.41, 5.74) is 1.93. The average molecular weight is 384 g/mol. The average Bonchev–Trinajstić information content (AvgIpc) is 3.48. The van der Waals surface area contributed by atoms with Crippen LogP contribution in [0.15, 0.2) is 24.3 Å². The first kappa shape index (κ1) is 19.6. The third-order valence-electron chi connectivity index (χ3n) is 4.39. The highest BCUT2D eigenvalue weighted by Crippen LogP contribution is 2.34. The third-order valence-corrected chi connectivity index (χ3v) is 4.39. The number of rotatable bonds is 8. The molecule has 0 aliphatic heterocycles. The van der Waals surface area contributed by atoms with E-state index in [1.807, 2.05) is 0 Å². The molecule has 1 amide bonds. The number of benzene rings is 1. The van der Waals surface area contributed by atoms with E-state index in [4.69, 9.17) is 4.74 Å². The normalized spacial score (nSPS) is 13.3. The number of amides is 1. The number of hydrogen-bond acceptors (Lipinski definition) is 6. The van der Waals surface area contributed by atoms with Gasteiger partial charge < -0.3 is 20.5 Å². The summed E-state index contributed by atoms with van der Waals surface area (Å²) in [6, 6.07) is 6.57. The van der Waals surface area contributed by atoms with Crippen LogP contribution in [0, 0.1) is 11.8 Å². The number of nitrogens with zero attached hydrogens (tertiary/aromatic N) is 2. The Hall–Kier alpha value is -3.16. The molecular weight excluding hydrogens is 360 g/mol. The first-order chi connectivity index (χ1) is 13.4. The SMILES string of the molecule is COc1c(Nc2cc(NC(=O)C3CC3)nnc2CC(C)C)cccc1C(=O)O. The monoisotopic (exact) mass is 384 g/mol. The minimum atomic E-state index is -1.08. The van der Waals surface area contributed by atoms with Crippen LogP contribution in [0.3, 0.4) is 0 Å². The first-order valence-electron chi connectivity index (χ1n) is 9.23. The van der Waals surface area contributed by atoms with Gasteiger partial charge in [0.05, 0.1) is 24.2 Å². The van der Waals surface area contributed by atoms with Crippen molar-refractivity contribution in [1.29, 1.82) is 0 Å². The first-order valence-corrected chi connectivity index (χ1v) is 9.23. The van der Waals surface area contributed by atoms with Crippen molar-refractivity contribution in [2.24, 2.45) is 11.8 Å². The van der Waals surface area contributed by atoms with Crippen LogP contribution in [0.4, 0.5) is 17.2 Å². The van der Waals surface area contributed by atoms with E-state index in [-0.39, 0.29) is 23.1 Å². The molecule has 3 rings (SSSR count). The van der Waals surface area contributed by atoms with Gasteiger partial charge in [-0.25, -0.2) is 4.79 Å². The van der Waals surface area contributed by atoms with Crippen molar-refractivity contribution in [2.45, 2.75) is 33.1 Å². The molecule has 148 valence electrons. The van der Waals surface area contributed by atoms with Gasteiger partial charge in [-0.3, -0.25) is 4.79 Å². The zero-order valence-electron chi connectivity index (χ0n) is 16.2. The van der Waals surface area contributed by atoms with Crippen LogP contribution in [-0.2, 0) is 11.2 Å². The van der Waals surface area contributed by atoms with Crippen LogP contribution in [0.5, 0.6) is 5.75 Å². The summed E-state index contributed by atoms with van der Waals surface area (Å²) in [5.74, 6) is -0.142. The summed E-state index contributed by atoms with van der Waals surface area (Å²) in [6.07, 6.45) is 2.47. The van der Waals surface area contributed by atoms with Gasteiger partial charge in [-0.15, -0.1) is 5.10 Å². The highest BCUT2D eigenvalue weighted by atomic mass is 16.5. The van der Waals surface area contributed by atoms with E-state index in [0.717, 1.165) is 18.5 Å². The minimum Gasteiger partial charge on any atom is -0.494 e. The largest absolute Gasteiger partial charge is 0.494 e. The minimum absolute atomic E-state index is 0.0534. The predicted octanol–water partition coefficient (Wildman–Crippen LogP) is 3.47. The molecule has 0 spiro atoms. The van der Waals surface area contributed by atoms with E-state index in [0.29, 0.717) is 29.5 Å². The second kappa shape index (κ2) is 8.24. The van der Waals surface area contributed by atoms with Gasteiger partial charge in [-0.1, -0.05) is 19.9 Å². The van der Waals surface area contributed by atoms with Crippen molar-refractivity contribution in [3.63, 3.8) is 0 Å². The molecule has 0 bridgehead atoms. The molecule has 8 nitrogen and oxygen atoms in total. The van der Waals surface area contributed by atoms with E-state index >= 15 is 0 Å². The highest BCUT2D eigenvalue weighted by Gasteiger charge is 2.30. The van der Waals surface area contributed by atoms with Crippen LogP contribution < -0.4 is 15.4 Å². The number of carboxylic acids is 1. The predicted molar refractivity (Wildman–Crippen MR) is 105 cm³/mol. The quantitative estimate of drug-likeness (QED) is 0.638. The number of hydrogen-bond donors (Lipinski definition) is 3. The fraction of sp³-hybridized carbons (Fsp3) is 0.400. The van der Waals surface area contributed by atoms with E-state index in [2.05, 4.69) is 34.7 Å². The number of methoxy groups -OCH3 is 1. The number of carboxylic acid groups (broad SMARTS) is 1. The smallest absolute Gasteiger partial charge is 0.339 e. The lowest BCUT2D eigenvalue weighted by atomic mass is 10.1. The Morgan fingerprint density at radius 2 is 2.00 bits per heavy atom. The van der Waals surface area contributed by atoms with Crippen molar-refractivity contribution < 1.29 is 19.4 Å². The molecular formula is C20H24N4O4. The number of aromatic nitrogens is 2. The molecule has 0 radical (unpaired) electrons. The van der Waals surface area contributed by atoms with E-state index in [1.165, 1.54) is 13.2 Å². The Morgan fingerprint density at radius 1 is 1.25 bits per heavy atom. The lowest BCUT2D eigenvalue weighted by Gasteiger charge is -2.17. The molecule has 1 heterocycles. The molecule has 0 atom stereocenters. The van der Waals surface area contributed by atoms with Crippen LogP contribution in [0.2, 0.25) is 0 Å². The van der Waals surface area contributed by atoms with Crippen molar-refractivity contribution in [2.75, 3.05) is 17.7 Å². The molecule has 1 saturated carbocycles. The molecule has 8 heteroatoms. The standard InChI is InChI=1S/C20H24N4O4/c1-11(2)9-16-15(10-17(24-23-16)22-19(25)12-7-8-12)21-14-6-4-5-13(20(26)27)18(14)28-3/h4-6,10-12H,7-9H2,1-3H3,(H,26,27)(H2,21,22,24,25). The second-order valence-electron chi connectivity index (χ2n) is 7.27. The number of carbonyl (C=O) groups excluding carboxylic acids is 1. The summed E-state index contributed by atoms with van der Waals surface area (Å²) in [7, 11) is 1.42. The lowest BCUT2D eigenvalue weighted by molar-refractivity contribution is -0.117.